The summed E-state index contributed by atoms with van der Waals surface area (Å²) in [5.41, 5.74) is 0.360. The number of hydrogen-bond acceptors (Lipinski definition) is 4. The van der Waals surface area contributed by atoms with Gasteiger partial charge in [0.15, 0.2) is 0 Å². The molecule has 1 amide bonds. The van der Waals surface area contributed by atoms with Crippen LogP contribution in [0, 0.1) is 5.41 Å². The number of carbonyl (C=O) groups is 1. The fourth-order valence-corrected chi connectivity index (χ4v) is 2.00. The highest BCUT2D eigenvalue weighted by molar-refractivity contribution is 5.94. The number of anilines is 2. The molecular weight excluding hydrogens is 252 g/mol. The standard InChI is InChI=1S/C15H24N4O/c1-15(2,3)14(20)17-12-5-6-13(16-11-12)19-9-7-18(4)8-10-19/h5-6,11H,7-10H2,1-4H3,(H,17,20). The molecular formula is C15H24N4O. The Morgan fingerprint density at radius 2 is 1.85 bits per heavy atom. The van der Waals surface area contributed by atoms with Gasteiger partial charge in [-0.05, 0) is 19.2 Å². The Hall–Kier alpha value is -1.62. The Bertz CT molecular complexity index is 456. The van der Waals surface area contributed by atoms with E-state index in [9.17, 15) is 4.79 Å². The smallest absolute Gasteiger partial charge is 0.229 e. The molecule has 1 N–H and O–H groups in total. The summed E-state index contributed by atoms with van der Waals surface area (Å²) in [6, 6.07) is 3.90. The minimum Gasteiger partial charge on any atom is -0.354 e. The Morgan fingerprint density at radius 1 is 1.20 bits per heavy atom. The summed E-state index contributed by atoms with van der Waals surface area (Å²) in [7, 11) is 2.13. The summed E-state index contributed by atoms with van der Waals surface area (Å²) >= 11 is 0. The molecule has 0 unspecified atom stereocenters. The number of pyridine rings is 1. The van der Waals surface area contributed by atoms with Crippen molar-refractivity contribution >= 4 is 17.4 Å². The first-order valence-electron chi connectivity index (χ1n) is 7.07. The molecule has 0 saturated carbocycles. The minimum atomic E-state index is -0.393. The number of amides is 1. The number of nitrogens with one attached hydrogen (secondary N) is 1. The van der Waals surface area contributed by atoms with Crippen LogP contribution in [0.4, 0.5) is 11.5 Å². The molecule has 1 aromatic heterocycles. The molecule has 1 fully saturated rings. The van der Waals surface area contributed by atoms with Crippen molar-refractivity contribution in [2.75, 3.05) is 43.4 Å². The van der Waals surface area contributed by atoms with Gasteiger partial charge in [-0.1, -0.05) is 20.8 Å². The van der Waals surface area contributed by atoms with Crippen LogP contribution in [0.2, 0.25) is 0 Å². The largest absolute Gasteiger partial charge is 0.354 e. The van der Waals surface area contributed by atoms with Crippen molar-refractivity contribution in [3.63, 3.8) is 0 Å². The normalized spacial score (nSPS) is 17.1. The molecule has 1 saturated heterocycles. The predicted octanol–water partition coefficient (Wildman–Crippen LogP) is 1.82. The van der Waals surface area contributed by atoms with E-state index in [4.69, 9.17) is 0 Å². The Balaban J connectivity index is 1.98. The molecule has 2 heterocycles. The fraction of sp³-hybridized carbons (Fsp3) is 0.600. The number of rotatable bonds is 2. The van der Waals surface area contributed by atoms with Crippen molar-refractivity contribution in [3.05, 3.63) is 18.3 Å². The van der Waals surface area contributed by atoms with Crippen LogP contribution in [-0.4, -0.2) is 49.0 Å². The van der Waals surface area contributed by atoms with Crippen LogP contribution in [0.3, 0.4) is 0 Å². The zero-order chi connectivity index (χ0) is 14.8. The van der Waals surface area contributed by atoms with E-state index in [2.05, 4.69) is 27.1 Å². The van der Waals surface area contributed by atoms with Crippen molar-refractivity contribution in [2.24, 2.45) is 5.41 Å². The molecule has 0 bridgehead atoms. The van der Waals surface area contributed by atoms with E-state index >= 15 is 0 Å². The first kappa shape index (κ1) is 14.8. The molecule has 20 heavy (non-hydrogen) atoms. The number of likely N-dealkylation sites (N-methyl/N-ethyl adjacent to an activating group) is 1. The van der Waals surface area contributed by atoms with Crippen molar-refractivity contribution in [1.82, 2.24) is 9.88 Å². The van der Waals surface area contributed by atoms with Crippen LogP contribution in [0.5, 0.6) is 0 Å². The van der Waals surface area contributed by atoms with Gasteiger partial charge in [0, 0.05) is 31.6 Å². The maximum atomic E-state index is 11.9. The molecule has 0 aliphatic carbocycles. The number of nitrogens with zero attached hydrogens (tertiary/aromatic N) is 3. The maximum Gasteiger partial charge on any atom is 0.229 e. The Labute approximate surface area is 121 Å². The monoisotopic (exact) mass is 276 g/mol. The number of aromatic nitrogens is 1. The van der Waals surface area contributed by atoms with Gasteiger partial charge in [0.05, 0.1) is 11.9 Å². The highest BCUT2D eigenvalue weighted by Crippen LogP contribution is 2.19. The zero-order valence-electron chi connectivity index (χ0n) is 12.8. The molecule has 1 aromatic rings. The topological polar surface area (TPSA) is 48.5 Å². The van der Waals surface area contributed by atoms with E-state index in [0.29, 0.717) is 0 Å². The molecule has 0 spiro atoms. The van der Waals surface area contributed by atoms with Gasteiger partial charge in [0.25, 0.3) is 0 Å². The SMILES string of the molecule is CN1CCN(c2ccc(NC(=O)C(C)(C)C)cn2)CC1. The van der Waals surface area contributed by atoms with E-state index in [-0.39, 0.29) is 5.91 Å². The summed E-state index contributed by atoms with van der Waals surface area (Å²) in [6.07, 6.45) is 1.73. The van der Waals surface area contributed by atoms with Gasteiger partial charge < -0.3 is 15.1 Å². The molecule has 2 rings (SSSR count). The first-order valence-corrected chi connectivity index (χ1v) is 7.07. The number of piperazine rings is 1. The summed E-state index contributed by atoms with van der Waals surface area (Å²) in [5.74, 6) is 0.985. The van der Waals surface area contributed by atoms with Crippen LogP contribution in [0.15, 0.2) is 18.3 Å². The molecule has 1 aliphatic heterocycles. The van der Waals surface area contributed by atoms with Crippen LogP contribution in [0.1, 0.15) is 20.8 Å². The van der Waals surface area contributed by atoms with E-state index in [1.54, 1.807) is 6.20 Å². The van der Waals surface area contributed by atoms with E-state index in [1.807, 2.05) is 32.9 Å². The predicted molar refractivity (Wildman–Crippen MR) is 82.0 cm³/mol. The lowest BCUT2D eigenvalue weighted by molar-refractivity contribution is -0.123. The van der Waals surface area contributed by atoms with Gasteiger partial charge in [-0.3, -0.25) is 4.79 Å². The van der Waals surface area contributed by atoms with Gasteiger partial charge in [0.2, 0.25) is 5.91 Å². The van der Waals surface area contributed by atoms with E-state index in [0.717, 1.165) is 37.7 Å². The third kappa shape index (κ3) is 3.70. The highest BCUT2D eigenvalue weighted by Gasteiger charge is 2.21. The lowest BCUT2D eigenvalue weighted by atomic mass is 9.96. The van der Waals surface area contributed by atoms with Crippen molar-refractivity contribution in [2.45, 2.75) is 20.8 Å². The minimum absolute atomic E-state index is 0.00615. The van der Waals surface area contributed by atoms with Crippen LogP contribution >= 0.6 is 0 Å². The van der Waals surface area contributed by atoms with Gasteiger partial charge in [-0.15, -0.1) is 0 Å². The highest BCUT2D eigenvalue weighted by atomic mass is 16.2. The molecule has 0 radical (unpaired) electrons. The molecule has 110 valence electrons. The van der Waals surface area contributed by atoms with E-state index < -0.39 is 5.41 Å². The molecule has 0 aromatic carbocycles. The second kappa shape index (κ2) is 5.79. The molecule has 5 heteroatoms. The second-order valence-electron chi connectivity index (χ2n) is 6.40. The average Bonchev–Trinajstić information content (AvgIpc) is 2.39. The summed E-state index contributed by atoms with van der Waals surface area (Å²) in [5, 5.41) is 2.89. The van der Waals surface area contributed by atoms with Gasteiger partial charge >= 0.3 is 0 Å². The van der Waals surface area contributed by atoms with Crippen molar-refractivity contribution in [3.8, 4) is 0 Å². The lowest BCUT2D eigenvalue weighted by Gasteiger charge is -2.33. The van der Waals surface area contributed by atoms with Gasteiger partial charge in [0.1, 0.15) is 5.82 Å². The van der Waals surface area contributed by atoms with Crippen LogP contribution in [-0.2, 0) is 4.79 Å². The third-order valence-electron chi connectivity index (χ3n) is 3.51. The number of hydrogen-bond donors (Lipinski definition) is 1. The summed E-state index contributed by atoms with van der Waals surface area (Å²) < 4.78 is 0. The van der Waals surface area contributed by atoms with Crippen LogP contribution in [0.25, 0.3) is 0 Å². The quantitative estimate of drug-likeness (QED) is 0.895. The first-order chi connectivity index (χ1) is 9.36. The lowest BCUT2D eigenvalue weighted by Crippen LogP contribution is -2.44. The molecule has 5 nitrogen and oxygen atoms in total. The maximum absolute atomic E-state index is 11.9. The third-order valence-corrected chi connectivity index (χ3v) is 3.51. The zero-order valence-corrected chi connectivity index (χ0v) is 12.8. The van der Waals surface area contributed by atoms with Gasteiger partial charge in [-0.25, -0.2) is 4.98 Å². The van der Waals surface area contributed by atoms with Crippen LogP contribution < -0.4 is 10.2 Å². The molecule has 1 aliphatic rings. The van der Waals surface area contributed by atoms with Gasteiger partial charge in [-0.2, -0.15) is 0 Å². The molecule has 0 atom stereocenters. The van der Waals surface area contributed by atoms with E-state index in [1.165, 1.54) is 0 Å². The van der Waals surface area contributed by atoms with Crippen molar-refractivity contribution in [1.29, 1.82) is 0 Å². The second-order valence-corrected chi connectivity index (χ2v) is 6.40. The number of carbonyl (C=O) groups excluding carboxylic acids is 1. The van der Waals surface area contributed by atoms with Crippen molar-refractivity contribution < 1.29 is 4.79 Å². The Morgan fingerprint density at radius 3 is 2.35 bits per heavy atom. The Kier molecular flexibility index (Phi) is 4.28. The summed E-state index contributed by atoms with van der Waals surface area (Å²) in [6.45, 7) is 9.81. The fourth-order valence-electron chi connectivity index (χ4n) is 2.00. The summed E-state index contributed by atoms with van der Waals surface area (Å²) in [4.78, 5) is 20.9. The average molecular weight is 276 g/mol.